The molecule has 0 saturated heterocycles. The SMILES string of the molecule is COC(=O)C(O)Cn1c(CO[Si](C)(C)C(C)(C)C)cc2ccccc21. The topological polar surface area (TPSA) is 60.7 Å². The minimum Gasteiger partial charge on any atom is -0.467 e. The smallest absolute Gasteiger partial charge is 0.336 e. The number of hydrogen-bond donors (Lipinski definition) is 1. The lowest BCUT2D eigenvalue weighted by Crippen LogP contribution is -2.40. The Morgan fingerprint density at radius 1 is 1.28 bits per heavy atom. The van der Waals surface area contributed by atoms with Crippen LogP contribution in [0.3, 0.4) is 0 Å². The highest BCUT2D eigenvalue weighted by Gasteiger charge is 2.37. The molecule has 1 N–H and O–H groups in total. The van der Waals surface area contributed by atoms with Crippen molar-refractivity contribution in [2.24, 2.45) is 0 Å². The van der Waals surface area contributed by atoms with E-state index < -0.39 is 20.4 Å². The van der Waals surface area contributed by atoms with Crippen LogP contribution in [0, 0.1) is 0 Å². The highest BCUT2D eigenvalue weighted by molar-refractivity contribution is 6.74. The zero-order valence-electron chi connectivity index (χ0n) is 16.0. The van der Waals surface area contributed by atoms with E-state index in [-0.39, 0.29) is 11.6 Å². The molecule has 2 aromatic rings. The van der Waals surface area contributed by atoms with Gasteiger partial charge in [0, 0.05) is 11.2 Å². The van der Waals surface area contributed by atoms with Gasteiger partial charge in [0.15, 0.2) is 14.4 Å². The van der Waals surface area contributed by atoms with Crippen molar-refractivity contribution in [1.29, 1.82) is 0 Å². The largest absolute Gasteiger partial charge is 0.467 e. The number of carbonyl (C=O) groups excluding carboxylic acids is 1. The molecule has 1 unspecified atom stereocenters. The third kappa shape index (κ3) is 4.32. The maximum Gasteiger partial charge on any atom is 0.336 e. The quantitative estimate of drug-likeness (QED) is 0.628. The third-order valence-corrected chi connectivity index (χ3v) is 9.59. The molecular formula is C19H29NO4Si. The molecule has 0 aliphatic rings. The summed E-state index contributed by atoms with van der Waals surface area (Å²) in [5.41, 5.74) is 1.92. The predicted octanol–water partition coefficient (Wildman–Crippen LogP) is 3.70. The maximum absolute atomic E-state index is 11.6. The van der Waals surface area contributed by atoms with Gasteiger partial charge in [-0.2, -0.15) is 0 Å². The third-order valence-electron chi connectivity index (χ3n) is 5.11. The van der Waals surface area contributed by atoms with E-state index in [2.05, 4.69) is 44.7 Å². The monoisotopic (exact) mass is 363 g/mol. The van der Waals surface area contributed by atoms with Gasteiger partial charge in [-0.05, 0) is 35.7 Å². The van der Waals surface area contributed by atoms with E-state index in [0.29, 0.717) is 6.61 Å². The molecule has 0 bridgehead atoms. The van der Waals surface area contributed by atoms with Crippen LogP contribution in [0.2, 0.25) is 18.1 Å². The molecule has 0 saturated carbocycles. The minimum atomic E-state index is -1.90. The Hall–Kier alpha value is -1.63. The normalized spacial score (nSPS) is 13.9. The second-order valence-corrected chi connectivity index (χ2v) is 12.7. The highest BCUT2D eigenvalue weighted by atomic mass is 28.4. The van der Waals surface area contributed by atoms with Gasteiger partial charge in [0.25, 0.3) is 0 Å². The fourth-order valence-electron chi connectivity index (χ4n) is 2.46. The molecule has 0 radical (unpaired) electrons. The number of ether oxygens (including phenoxy) is 1. The summed E-state index contributed by atoms with van der Waals surface area (Å²) in [6.45, 7) is 11.6. The van der Waals surface area contributed by atoms with Crippen LogP contribution in [0.5, 0.6) is 0 Å². The Bertz CT molecular complexity index is 745. The Morgan fingerprint density at radius 3 is 2.52 bits per heavy atom. The molecule has 0 amide bonds. The molecule has 0 aliphatic carbocycles. The number of para-hydroxylation sites is 1. The van der Waals surface area contributed by atoms with Crippen molar-refractivity contribution in [1.82, 2.24) is 4.57 Å². The second-order valence-electron chi connectivity index (χ2n) is 7.89. The van der Waals surface area contributed by atoms with Crippen LogP contribution < -0.4 is 0 Å². The van der Waals surface area contributed by atoms with E-state index in [4.69, 9.17) is 4.43 Å². The van der Waals surface area contributed by atoms with Crippen LogP contribution >= 0.6 is 0 Å². The first-order valence-electron chi connectivity index (χ1n) is 8.54. The summed E-state index contributed by atoms with van der Waals surface area (Å²) in [6, 6.07) is 9.98. The van der Waals surface area contributed by atoms with Gasteiger partial charge >= 0.3 is 5.97 Å². The first kappa shape index (κ1) is 19.7. The van der Waals surface area contributed by atoms with Crippen molar-refractivity contribution < 1.29 is 19.1 Å². The molecule has 0 fully saturated rings. The zero-order valence-corrected chi connectivity index (χ0v) is 17.0. The minimum absolute atomic E-state index is 0.120. The number of fused-ring (bicyclic) bond motifs is 1. The molecule has 1 heterocycles. The second kappa shape index (κ2) is 7.31. The summed E-state index contributed by atoms with van der Waals surface area (Å²) in [5.74, 6) is -0.631. The van der Waals surface area contributed by atoms with E-state index in [1.54, 1.807) is 0 Å². The fraction of sp³-hybridized carbons (Fsp3) is 0.526. The van der Waals surface area contributed by atoms with E-state index in [0.717, 1.165) is 16.6 Å². The number of aliphatic hydroxyl groups excluding tert-OH is 1. The van der Waals surface area contributed by atoms with Crippen molar-refractivity contribution in [3.63, 3.8) is 0 Å². The fourth-order valence-corrected chi connectivity index (χ4v) is 3.40. The number of hydrogen-bond acceptors (Lipinski definition) is 4. The van der Waals surface area contributed by atoms with E-state index >= 15 is 0 Å². The maximum atomic E-state index is 11.6. The highest BCUT2D eigenvalue weighted by Crippen LogP contribution is 2.37. The van der Waals surface area contributed by atoms with Gasteiger partial charge in [0.2, 0.25) is 0 Å². The van der Waals surface area contributed by atoms with E-state index in [1.807, 2.05) is 28.8 Å². The van der Waals surface area contributed by atoms with Gasteiger partial charge in [0.05, 0.1) is 20.3 Å². The summed E-state index contributed by atoms with van der Waals surface area (Å²) < 4.78 is 12.9. The molecule has 1 atom stereocenters. The molecule has 1 aromatic heterocycles. The molecule has 1 aromatic carbocycles. The standard InChI is InChI=1S/C19H29NO4Si/c1-19(2,3)25(5,6)24-13-15-11-14-9-7-8-10-16(14)20(15)12-17(21)18(22)23-4/h7-11,17,21H,12-13H2,1-6H3. The van der Waals surface area contributed by atoms with E-state index in [1.165, 1.54) is 7.11 Å². The van der Waals surface area contributed by atoms with Crippen molar-refractivity contribution in [3.8, 4) is 0 Å². The molecule has 0 spiro atoms. The molecule has 5 nitrogen and oxygen atoms in total. The Labute approximate surface area is 150 Å². The number of aromatic nitrogens is 1. The van der Waals surface area contributed by atoms with Gasteiger partial charge in [-0.1, -0.05) is 39.0 Å². The van der Waals surface area contributed by atoms with Crippen LogP contribution in [-0.4, -0.2) is 37.2 Å². The molecular weight excluding hydrogens is 334 g/mol. The van der Waals surface area contributed by atoms with Gasteiger partial charge in [-0.3, -0.25) is 0 Å². The van der Waals surface area contributed by atoms with Gasteiger partial charge in [0.1, 0.15) is 0 Å². The summed E-state index contributed by atoms with van der Waals surface area (Å²) in [5, 5.41) is 11.3. The summed E-state index contributed by atoms with van der Waals surface area (Å²) >= 11 is 0. The Balaban J connectivity index is 2.32. The predicted molar refractivity (Wildman–Crippen MR) is 102 cm³/mol. The summed E-state index contributed by atoms with van der Waals surface area (Å²) in [4.78, 5) is 11.6. The van der Waals surface area contributed by atoms with Crippen LogP contribution in [0.1, 0.15) is 26.5 Å². The van der Waals surface area contributed by atoms with Crippen molar-refractivity contribution in [3.05, 3.63) is 36.0 Å². The van der Waals surface area contributed by atoms with Crippen molar-refractivity contribution >= 4 is 25.2 Å². The number of nitrogens with zero attached hydrogens (tertiary/aromatic N) is 1. The van der Waals surface area contributed by atoms with Crippen LogP contribution in [0.25, 0.3) is 10.9 Å². The lowest BCUT2D eigenvalue weighted by molar-refractivity contribution is -0.151. The number of esters is 1. The average Bonchev–Trinajstić information content (AvgIpc) is 2.89. The average molecular weight is 364 g/mol. The van der Waals surface area contributed by atoms with Gasteiger partial charge in [-0.25, -0.2) is 4.79 Å². The van der Waals surface area contributed by atoms with Crippen molar-refractivity contribution in [2.75, 3.05) is 7.11 Å². The lowest BCUT2D eigenvalue weighted by atomic mass is 10.2. The zero-order chi connectivity index (χ0) is 18.8. The Kier molecular flexibility index (Phi) is 5.76. The molecule has 138 valence electrons. The molecule has 25 heavy (non-hydrogen) atoms. The summed E-state index contributed by atoms with van der Waals surface area (Å²) in [6.07, 6.45) is -1.20. The summed E-state index contributed by atoms with van der Waals surface area (Å²) in [7, 11) is -0.617. The number of aliphatic hydroxyl groups is 1. The van der Waals surface area contributed by atoms with Crippen LogP contribution in [0.4, 0.5) is 0 Å². The number of methoxy groups -OCH3 is 1. The number of rotatable bonds is 6. The van der Waals surface area contributed by atoms with Crippen molar-refractivity contribution in [2.45, 2.75) is 58.2 Å². The van der Waals surface area contributed by atoms with Gasteiger partial charge in [-0.15, -0.1) is 0 Å². The number of benzene rings is 1. The molecule has 2 rings (SSSR count). The van der Waals surface area contributed by atoms with E-state index in [9.17, 15) is 9.90 Å². The first-order valence-corrected chi connectivity index (χ1v) is 11.4. The number of carbonyl (C=O) groups is 1. The van der Waals surface area contributed by atoms with Crippen LogP contribution in [-0.2, 0) is 27.1 Å². The molecule has 6 heteroatoms. The van der Waals surface area contributed by atoms with Gasteiger partial charge < -0.3 is 18.8 Å². The Morgan fingerprint density at radius 2 is 1.92 bits per heavy atom. The first-order chi connectivity index (χ1) is 11.6. The molecule has 0 aliphatic heterocycles. The van der Waals surface area contributed by atoms with Crippen LogP contribution in [0.15, 0.2) is 30.3 Å². The lowest BCUT2D eigenvalue weighted by Gasteiger charge is -2.36.